The molecule has 24 heavy (non-hydrogen) atoms. The van der Waals surface area contributed by atoms with Crippen molar-refractivity contribution < 1.29 is 4.39 Å². The van der Waals surface area contributed by atoms with Gasteiger partial charge in [0.1, 0.15) is 5.83 Å². The molecule has 1 aliphatic carbocycles. The van der Waals surface area contributed by atoms with E-state index in [1.807, 2.05) is 0 Å². The van der Waals surface area contributed by atoms with Gasteiger partial charge < -0.3 is 0 Å². The maximum absolute atomic E-state index is 14.3. The molecule has 0 spiro atoms. The van der Waals surface area contributed by atoms with Crippen LogP contribution in [0.4, 0.5) is 4.39 Å². The van der Waals surface area contributed by atoms with Crippen LogP contribution < -0.4 is 0 Å². The van der Waals surface area contributed by atoms with Crippen molar-refractivity contribution in [1.29, 1.82) is 0 Å². The molecule has 2 unspecified atom stereocenters. The van der Waals surface area contributed by atoms with Gasteiger partial charge in [-0.05, 0) is 62.5 Å². The van der Waals surface area contributed by atoms with Crippen LogP contribution >= 0.6 is 0 Å². The third-order valence-electron chi connectivity index (χ3n) is 5.58. The van der Waals surface area contributed by atoms with Crippen LogP contribution in [-0.2, 0) is 0 Å². The van der Waals surface area contributed by atoms with E-state index >= 15 is 0 Å². The standard InChI is InChI=1S/C23H35F/c1-8-10-14-23(7,17(3)4)22-16-20(24)15-19(6)21(22)13-11-12-18(5)9-2/h9-12,14-15,17,22H,8,13,16H2,1-7H3/b12-11-,14-10?,18-9-. The normalized spacial score (nSPS) is 22.6. The van der Waals surface area contributed by atoms with Crippen LogP contribution in [0.3, 0.4) is 0 Å². The summed E-state index contributed by atoms with van der Waals surface area (Å²) in [5, 5.41) is 0. The average molecular weight is 331 g/mol. The van der Waals surface area contributed by atoms with E-state index in [1.165, 1.54) is 11.1 Å². The molecular formula is C23H35F. The van der Waals surface area contributed by atoms with Gasteiger partial charge in [-0.3, -0.25) is 0 Å². The van der Waals surface area contributed by atoms with E-state index in [2.05, 4.69) is 78.8 Å². The molecule has 0 amide bonds. The van der Waals surface area contributed by atoms with Crippen molar-refractivity contribution in [1.82, 2.24) is 0 Å². The molecule has 0 fully saturated rings. The van der Waals surface area contributed by atoms with Crippen LogP contribution in [0.25, 0.3) is 0 Å². The van der Waals surface area contributed by atoms with E-state index in [4.69, 9.17) is 0 Å². The Morgan fingerprint density at radius 3 is 2.58 bits per heavy atom. The average Bonchev–Trinajstić information content (AvgIpc) is 2.53. The van der Waals surface area contributed by atoms with Gasteiger partial charge in [0.25, 0.3) is 0 Å². The molecule has 1 heteroatoms. The Kier molecular flexibility index (Phi) is 7.93. The molecular weight excluding hydrogens is 295 g/mol. The third-order valence-corrected chi connectivity index (χ3v) is 5.58. The number of hydrogen-bond donors (Lipinski definition) is 0. The largest absolute Gasteiger partial charge is 0.212 e. The van der Waals surface area contributed by atoms with Crippen LogP contribution in [0.15, 0.2) is 59.0 Å². The predicted molar refractivity (Wildman–Crippen MR) is 106 cm³/mol. The first-order valence-corrected chi connectivity index (χ1v) is 9.29. The Hall–Kier alpha value is -1.37. The summed E-state index contributed by atoms with van der Waals surface area (Å²) in [6.45, 7) is 15.2. The van der Waals surface area contributed by atoms with Crippen molar-refractivity contribution in [3.05, 3.63) is 59.0 Å². The number of hydrogen-bond acceptors (Lipinski definition) is 0. The van der Waals surface area contributed by atoms with Crippen molar-refractivity contribution in [2.24, 2.45) is 17.3 Å². The van der Waals surface area contributed by atoms with Crippen molar-refractivity contribution in [3.8, 4) is 0 Å². The highest BCUT2D eigenvalue weighted by Crippen LogP contribution is 2.48. The van der Waals surface area contributed by atoms with Gasteiger partial charge in [0, 0.05) is 6.42 Å². The molecule has 1 rings (SSSR count). The number of allylic oxidation sites excluding steroid dienone is 10. The predicted octanol–water partition coefficient (Wildman–Crippen LogP) is 7.72. The smallest absolute Gasteiger partial charge is 0.101 e. The summed E-state index contributed by atoms with van der Waals surface area (Å²) < 4.78 is 14.3. The Labute approximate surface area is 148 Å². The summed E-state index contributed by atoms with van der Waals surface area (Å²) in [7, 11) is 0. The topological polar surface area (TPSA) is 0 Å². The van der Waals surface area contributed by atoms with Crippen LogP contribution in [0.2, 0.25) is 0 Å². The highest BCUT2D eigenvalue weighted by atomic mass is 19.1. The molecule has 0 aliphatic heterocycles. The van der Waals surface area contributed by atoms with E-state index in [0.29, 0.717) is 12.3 Å². The first-order chi connectivity index (χ1) is 11.3. The maximum Gasteiger partial charge on any atom is 0.101 e. The Balaban J connectivity index is 3.24. The minimum atomic E-state index is -0.0261. The summed E-state index contributed by atoms with van der Waals surface area (Å²) in [6, 6.07) is 0. The fourth-order valence-electron chi connectivity index (χ4n) is 3.43. The van der Waals surface area contributed by atoms with Crippen LogP contribution in [-0.4, -0.2) is 0 Å². The fraction of sp³-hybridized carbons (Fsp3) is 0.565. The zero-order valence-electron chi connectivity index (χ0n) is 16.6. The summed E-state index contributed by atoms with van der Waals surface area (Å²) in [4.78, 5) is 0. The first kappa shape index (κ1) is 20.7. The van der Waals surface area contributed by atoms with Gasteiger partial charge in [0.2, 0.25) is 0 Å². The van der Waals surface area contributed by atoms with Gasteiger partial charge in [-0.1, -0.05) is 69.2 Å². The van der Waals surface area contributed by atoms with E-state index in [1.54, 1.807) is 6.08 Å². The molecule has 0 aromatic heterocycles. The summed E-state index contributed by atoms with van der Waals surface area (Å²) in [5.41, 5.74) is 3.72. The Bertz CT molecular complexity index is 569. The van der Waals surface area contributed by atoms with Crippen LogP contribution in [0.1, 0.15) is 67.7 Å². The second-order valence-electron chi connectivity index (χ2n) is 7.53. The van der Waals surface area contributed by atoms with Gasteiger partial charge in [-0.15, -0.1) is 0 Å². The molecule has 134 valence electrons. The lowest BCUT2D eigenvalue weighted by molar-refractivity contribution is 0.191. The lowest BCUT2D eigenvalue weighted by Crippen LogP contribution is -2.34. The fourth-order valence-corrected chi connectivity index (χ4v) is 3.43. The third kappa shape index (κ3) is 5.06. The zero-order valence-corrected chi connectivity index (χ0v) is 16.6. The van der Waals surface area contributed by atoms with E-state index < -0.39 is 0 Å². The van der Waals surface area contributed by atoms with E-state index in [9.17, 15) is 4.39 Å². The molecule has 0 saturated carbocycles. The summed E-state index contributed by atoms with van der Waals surface area (Å²) in [5.74, 6) is 0.702. The zero-order chi connectivity index (χ0) is 18.3. The highest BCUT2D eigenvalue weighted by molar-refractivity contribution is 5.36. The highest BCUT2D eigenvalue weighted by Gasteiger charge is 2.39. The first-order valence-electron chi connectivity index (χ1n) is 9.29. The number of rotatable bonds is 7. The van der Waals surface area contributed by atoms with Gasteiger partial charge >= 0.3 is 0 Å². The molecule has 0 heterocycles. The lowest BCUT2D eigenvalue weighted by Gasteiger charge is -2.42. The molecule has 0 aromatic rings. The molecule has 0 N–H and O–H groups in total. The van der Waals surface area contributed by atoms with Crippen molar-refractivity contribution in [2.75, 3.05) is 0 Å². The molecule has 1 aliphatic rings. The van der Waals surface area contributed by atoms with Gasteiger partial charge in [-0.2, -0.15) is 0 Å². The lowest BCUT2D eigenvalue weighted by atomic mass is 9.62. The molecule has 0 nitrogen and oxygen atoms in total. The van der Waals surface area contributed by atoms with Gasteiger partial charge in [0.15, 0.2) is 0 Å². The monoisotopic (exact) mass is 330 g/mol. The SMILES string of the molecule is C/C=C(C)\C=C/CC1=C(C)C=C(F)CC1C(C)(C=CCC)C(C)C. The molecule has 0 radical (unpaired) electrons. The molecule has 0 aromatic carbocycles. The summed E-state index contributed by atoms with van der Waals surface area (Å²) in [6.07, 6.45) is 15.2. The van der Waals surface area contributed by atoms with Gasteiger partial charge in [0.05, 0.1) is 0 Å². The van der Waals surface area contributed by atoms with Gasteiger partial charge in [-0.25, -0.2) is 4.39 Å². The molecule has 2 atom stereocenters. The maximum atomic E-state index is 14.3. The van der Waals surface area contributed by atoms with Crippen molar-refractivity contribution >= 4 is 0 Å². The Morgan fingerprint density at radius 1 is 1.38 bits per heavy atom. The summed E-state index contributed by atoms with van der Waals surface area (Å²) >= 11 is 0. The number of halogens is 1. The quantitative estimate of drug-likeness (QED) is 0.331. The van der Waals surface area contributed by atoms with Crippen molar-refractivity contribution in [2.45, 2.75) is 67.7 Å². The van der Waals surface area contributed by atoms with Crippen molar-refractivity contribution in [3.63, 3.8) is 0 Å². The van der Waals surface area contributed by atoms with E-state index in [-0.39, 0.29) is 17.2 Å². The second-order valence-corrected chi connectivity index (χ2v) is 7.53. The molecule has 0 saturated heterocycles. The molecule has 0 bridgehead atoms. The van der Waals surface area contributed by atoms with E-state index in [0.717, 1.165) is 18.4 Å². The Morgan fingerprint density at radius 2 is 2.04 bits per heavy atom. The minimum Gasteiger partial charge on any atom is -0.212 e. The second kappa shape index (κ2) is 9.20. The minimum absolute atomic E-state index is 0.0200. The van der Waals surface area contributed by atoms with Crippen LogP contribution in [0, 0.1) is 17.3 Å². The van der Waals surface area contributed by atoms with Crippen LogP contribution in [0.5, 0.6) is 0 Å².